The predicted octanol–water partition coefficient (Wildman–Crippen LogP) is 3.01. The molecular weight excluding hydrogens is 238 g/mol. The van der Waals surface area contributed by atoms with Crippen molar-refractivity contribution in [3.8, 4) is 0 Å². The molecule has 3 nitrogen and oxygen atoms in total. The number of hydrogen-bond acceptors (Lipinski definition) is 3. The van der Waals surface area contributed by atoms with Gasteiger partial charge >= 0.3 is 0 Å². The smallest absolute Gasteiger partial charge is 0.205 e. The maximum atomic E-state index is 12.2. The highest BCUT2D eigenvalue weighted by Gasteiger charge is 2.49. The van der Waals surface area contributed by atoms with Crippen molar-refractivity contribution >= 4 is 28.4 Å². The second kappa shape index (κ2) is 3.59. The minimum atomic E-state index is -0.375. The summed E-state index contributed by atoms with van der Waals surface area (Å²) in [5, 5.41) is 1.38. The van der Waals surface area contributed by atoms with E-state index in [0.717, 1.165) is 18.2 Å². The number of benzene rings is 1. The molecule has 88 valence electrons. The first-order chi connectivity index (χ1) is 8.16. The van der Waals surface area contributed by atoms with Crippen LogP contribution >= 0.6 is 11.6 Å². The van der Waals surface area contributed by atoms with E-state index in [0.29, 0.717) is 22.9 Å². The Morgan fingerprint density at radius 3 is 2.82 bits per heavy atom. The molecule has 1 saturated carbocycles. The number of carbonyl (C=O) groups excluding carboxylic acids is 1. The lowest BCUT2D eigenvalue weighted by molar-refractivity contribution is 0.0879. The average Bonchev–Trinajstić information content (AvgIpc) is 3.01. The number of para-hydroxylation sites is 1. The summed E-state index contributed by atoms with van der Waals surface area (Å²) in [5.74, 6) is 0.378. The summed E-state index contributed by atoms with van der Waals surface area (Å²) in [5.41, 5.74) is 5.84. The minimum absolute atomic E-state index is 0.00673. The standard InChI is InChI=1S/C13H12ClNO2/c14-9-3-1-2-8-6-10(17-11(8)9)12(16)13(7-15)4-5-13/h1-3,6H,4-5,7,15H2. The molecule has 1 fully saturated rings. The normalized spacial score (nSPS) is 17.3. The molecule has 2 aromatic rings. The van der Waals surface area contributed by atoms with Gasteiger partial charge in [-0.1, -0.05) is 23.7 Å². The first-order valence-electron chi connectivity index (χ1n) is 5.59. The molecule has 0 spiro atoms. The fourth-order valence-corrected chi connectivity index (χ4v) is 2.30. The van der Waals surface area contributed by atoms with Gasteiger partial charge in [0, 0.05) is 17.3 Å². The van der Waals surface area contributed by atoms with E-state index >= 15 is 0 Å². The van der Waals surface area contributed by atoms with Gasteiger partial charge in [-0.25, -0.2) is 0 Å². The summed E-state index contributed by atoms with van der Waals surface area (Å²) >= 11 is 6.01. The molecule has 1 aromatic carbocycles. The van der Waals surface area contributed by atoms with Gasteiger partial charge in [-0.3, -0.25) is 4.79 Å². The quantitative estimate of drug-likeness (QED) is 0.851. The molecule has 1 aliphatic rings. The number of Topliss-reactive ketones (excluding diaryl/α,β-unsaturated/α-hetero) is 1. The molecule has 0 saturated heterocycles. The van der Waals surface area contributed by atoms with E-state index in [2.05, 4.69) is 0 Å². The van der Waals surface area contributed by atoms with Crippen LogP contribution in [0.15, 0.2) is 28.7 Å². The number of carbonyl (C=O) groups is 1. The third kappa shape index (κ3) is 1.58. The zero-order valence-electron chi connectivity index (χ0n) is 9.20. The Bertz CT molecular complexity index is 598. The van der Waals surface area contributed by atoms with Crippen LogP contribution in [0.5, 0.6) is 0 Å². The van der Waals surface area contributed by atoms with Crippen LogP contribution in [-0.4, -0.2) is 12.3 Å². The fraction of sp³-hybridized carbons (Fsp3) is 0.308. The van der Waals surface area contributed by atoms with Crippen LogP contribution in [0.2, 0.25) is 5.02 Å². The van der Waals surface area contributed by atoms with Crippen molar-refractivity contribution in [2.24, 2.45) is 11.1 Å². The van der Waals surface area contributed by atoms with E-state index in [-0.39, 0.29) is 11.2 Å². The van der Waals surface area contributed by atoms with Gasteiger partial charge in [0.25, 0.3) is 0 Å². The number of nitrogens with two attached hydrogens (primary N) is 1. The van der Waals surface area contributed by atoms with E-state index in [1.807, 2.05) is 12.1 Å². The lowest BCUT2D eigenvalue weighted by atomic mass is 9.99. The number of hydrogen-bond donors (Lipinski definition) is 1. The van der Waals surface area contributed by atoms with E-state index in [4.69, 9.17) is 21.8 Å². The van der Waals surface area contributed by atoms with Crippen molar-refractivity contribution < 1.29 is 9.21 Å². The molecule has 0 radical (unpaired) electrons. The summed E-state index contributed by atoms with van der Waals surface area (Å²) in [4.78, 5) is 12.2. The van der Waals surface area contributed by atoms with Crippen LogP contribution in [0.4, 0.5) is 0 Å². The largest absolute Gasteiger partial charge is 0.451 e. The van der Waals surface area contributed by atoms with Gasteiger partial charge in [-0.05, 0) is 25.0 Å². The number of furan rings is 1. The van der Waals surface area contributed by atoms with Crippen LogP contribution in [0.1, 0.15) is 23.4 Å². The van der Waals surface area contributed by atoms with Crippen molar-refractivity contribution in [2.45, 2.75) is 12.8 Å². The number of halogens is 1. The van der Waals surface area contributed by atoms with Crippen LogP contribution in [-0.2, 0) is 0 Å². The van der Waals surface area contributed by atoms with Crippen molar-refractivity contribution in [1.29, 1.82) is 0 Å². The lowest BCUT2D eigenvalue weighted by Gasteiger charge is -2.07. The topological polar surface area (TPSA) is 56.2 Å². The van der Waals surface area contributed by atoms with Gasteiger partial charge in [-0.2, -0.15) is 0 Å². The second-order valence-corrected chi connectivity index (χ2v) is 4.99. The monoisotopic (exact) mass is 249 g/mol. The number of fused-ring (bicyclic) bond motifs is 1. The Balaban J connectivity index is 2.07. The van der Waals surface area contributed by atoms with Crippen molar-refractivity contribution in [3.63, 3.8) is 0 Å². The van der Waals surface area contributed by atoms with Crippen molar-refractivity contribution in [3.05, 3.63) is 35.0 Å². The van der Waals surface area contributed by atoms with E-state index in [1.54, 1.807) is 12.1 Å². The maximum absolute atomic E-state index is 12.2. The van der Waals surface area contributed by atoms with Gasteiger partial charge in [0.15, 0.2) is 11.3 Å². The first-order valence-corrected chi connectivity index (χ1v) is 5.97. The number of rotatable bonds is 3. The molecule has 0 amide bonds. The Hall–Kier alpha value is -1.32. The Morgan fingerprint density at radius 2 is 2.24 bits per heavy atom. The van der Waals surface area contributed by atoms with Gasteiger partial charge in [0.1, 0.15) is 0 Å². The summed E-state index contributed by atoms with van der Waals surface area (Å²) < 4.78 is 5.55. The van der Waals surface area contributed by atoms with Crippen LogP contribution in [0, 0.1) is 5.41 Å². The van der Waals surface area contributed by atoms with Crippen LogP contribution in [0.25, 0.3) is 11.0 Å². The Morgan fingerprint density at radius 1 is 1.47 bits per heavy atom. The summed E-state index contributed by atoms with van der Waals surface area (Å²) in [6.45, 7) is 0.386. The molecule has 4 heteroatoms. The molecular formula is C13H12ClNO2. The molecule has 1 heterocycles. The molecule has 1 aromatic heterocycles. The highest BCUT2D eigenvalue weighted by atomic mass is 35.5. The maximum Gasteiger partial charge on any atom is 0.205 e. The molecule has 0 unspecified atom stereocenters. The highest BCUT2D eigenvalue weighted by molar-refractivity contribution is 6.34. The highest BCUT2D eigenvalue weighted by Crippen LogP contribution is 2.47. The van der Waals surface area contributed by atoms with Crippen molar-refractivity contribution in [2.75, 3.05) is 6.54 Å². The first kappa shape index (κ1) is 10.8. The van der Waals surface area contributed by atoms with Gasteiger partial charge < -0.3 is 10.2 Å². The molecule has 0 bridgehead atoms. The molecule has 2 N–H and O–H groups in total. The Labute approximate surface area is 104 Å². The molecule has 0 atom stereocenters. The van der Waals surface area contributed by atoms with Gasteiger partial charge in [0.2, 0.25) is 5.78 Å². The Kier molecular flexibility index (Phi) is 2.28. The van der Waals surface area contributed by atoms with Crippen molar-refractivity contribution in [1.82, 2.24) is 0 Å². The summed E-state index contributed by atoms with van der Waals surface area (Å²) in [6, 6.07) is 7.21. The predicted molar refractivity (Wildman–Crippen MR) is 66.3 cm³/mol. The molecule has 1 aliphatic carbocycles. The number of ketones is 1. The average molecular weight is 250 g/mol. The molecule has 3 rings (SSSR count). The van der Waals surface area contributed by atoms with E-state index in [9.17, 15) is 4.79 Å². The second-order valence-electron chi connectivity index (χ2n) is 4.58. The van der Waals surface area contributed by atoms with E-state index < -0.39 is 0 Å². The lowest BCUT2D eigenvalue weighted by Crippen LogP contribution is -2.24. The molecule has 0 aliphatic heterocycles. The third-order valence-electron chi connectivity index (χ3n) is 3.45. The fourth-order valence-electron chi connectivity index (χ4n) is 2.08. The van der Waals surface area contributed by atoms with Gasteiger partial charge in [-0.15, -0.1) is 0 Å². The van der Waals surface area contributed by atoms with E-state index in [1.165, 1.54) is 0 Å². The molecule has 17 heavy (non-hydrogen) atoms. The SMILES string of the molecule is NCC1(C(=O)c2cc3cccc(Cl)c3o2)CC1. The third-order valence-corrected chi connectivity index (χ3v) is 3.74. The zero-order chi connectivity index (χ0) is 12.0. The van der Waals surface area contributed by atoms with Gasteiger partial charge in [0.05, 0.1) is 5.02 Å². The summed E-state index contributed by atoms with van der Waals surface area (Å²) in [6.07, 6.45) is 1.71. The van der Waals surface area contributed by atoms with Crippen LogP contribution < -0.4 is 5.73 Å². The minimum Gasteiger partial charge on any atom is -0.451 e. The summed E-state index contributed by atoms with van der Waals surface area (Å²) in [7, 11) is 0. The zero-order valence-corrected chi connectivity index (χ0v) is 9.96. The van der Waals surface area contributed by atoms with Crippen LogP contribution in [0.3, 0.4) is 0 Å².